The minimum atomic E-state index is -3.50. The van der Waals surface area contributed by atoms with Crippen LogP contribution in [0.5, 0.6) is 0 Å². The van der Waals surface area contributed by atoms with Crippen molar-refractivity contribution in [3.63, 3.8) is 0 Å². The molecule has 1 rings (SSSR count). The summed E-state index contributed by atoms with van der Waals surface area (Å²) in [5, 5.41) is 5.11. The van der Waals surface area contributed by atoms with Crippen LogP contribution in [0.4, 0.5) is 0 Å². The van der Waals surface area contributed by atoms with Gasteiger partial charge in [-0.2, -0.15) is 4.31 Å². The number of halogens is 1. The van der Waals surface area contributed by atoms with E-state index in [1.54, 1.807) is 32.9 Å². The summed E-state index contributed by atoms with van der Waals surface area (Å²) >= 11 is 0. The number of nitrogens with two attached hydrogens (primary N) is 1. The molecule has 10 heteroatoms. The third-order valence-electron chi connectivity index (χ3n) is 3.73. The summed E-state index contributed by atoms with van der Waals surface area (Å²) in [6, 6.07) is 6.07. The van der Waals surface area contributed by atoms with Crippen molar-refractivity contribution in [2.24, 2.45) is 5.73 Å². The van der Waals surface area contributed by atoms with Gasteiger partial charge in [-0.05, 0) is 24.6 Å². The average molecular weight is 407 g/mol. The lowest BCUT2D eigenvalue weighted by molar-refractivity contribution is -0.125. The molecule has 148 valence electrons. The summed E-state index contributed by atoms with van der Waals surface area (Å²) < 4.78 is 26.3. The molecule has 0 aliphatic carbocycles. The largest absolute Gasteiger partial charge is 0.348 e. The predicted octanol–water partition coefficient (Wildman–Crippen LogP) is 0.391. The molecule has 26 heavy (non-hydrogen) atoms. The van der Waals surface area contributed by atoms with Crippen LogP contribution in [0.2, 0.25) is 0 Å². The summed E-state index contributed by atoms with van der Waals surface area (Å²) in [4.78, 5) is 23.0. The quantitative estimate of drug-likeness (QED) is 0.547. The van der Waals surface area contributed by atoms with E-state index < -0.39 is 15.9 Å². The topological polar surface area (TPSA) is 122 Å². The molecule has 0 fully saturated rings. The standard InChI is InChI=1S/C16H26N4O4S.ClH/c1-4-20(5-2)25(23,24)14-8-6-13(7-9-14)12(3)19-16(22)11-18-15(21)10-17;/h6-9,12H,4-5,10-11,17H2,1-3H3,(H,18,21)(H,19,22);1H. The zero-order valence-electron chi connectivity index (χ0n) is 15.2. The third-order valence-corrected chi connectivity index (χ3v) is 5.80. The van der Waals surface area contributed by atoms with Gasteiger partial charge in [-0.3, -0.25) is 9.59 Å². The number of carbonyl (C=O) groups excluding carboxylic acids is 2. The molecule has 0 heterocycles. The fraction of sp³-hybridized carbons (Fsp3) is 0.500. The maximum Gasteiger partial charge on any atom is 0.243 e. The minimum absolute atomic E-state index is 0. The summed E-state index contributed by atoms with van der Waals surface area (Å²) in [6.07, 6.45) is 0. The van der Waals surface area contributed by atoms with E-state index >= 15 is 0 Å². The van der Waals surface area contributed by atoms with E-state index in [4.69, 9.17) is 5.73 Å². The fourth-order valence-corrected chi connectivity index (χ4v) is 3.73. The van der Waals surface area contributed by atoms with Crippen LogP contribution in [-0.2, 0) is 19.6 Å². The van der Waals surface area contributed by atoms with Crippen LogP contribution in [0.15, 0.2) is 29.2 Å². The second-order valence-corrected chi connectivity index (χ2v) is 7.37. The first-order valence-corrected chi connectivity index (χ1v) is 9.56. The van der Waals surface area contributed by atoms with E-state index in [2.05, 4.69) is 10.6 Å². The first-order valence-electron chi connectivity index (χ1n) is 8.12. The normalized spacial score (nSPS) is 12.2. The highest BCUT2D eigenvalue weighted by molar-refractivity contribution is 7.89. The molecule has 0 spiro atoms. The Morgan fingerprint density at radius 2 is 1.65 bits per heavy atom. The van der Waals surface area contributed by atoms with Crippen LogP contribution in [0, 0.1) is 0 Å². The zero-order valence-corrected chi connectivity index (χ0v) is 16.8. The second-order valence-electron chi connectivity index (χ2n) is 5.43. The van der Waals surface area contributed by atoms with Crippen molar-refractivity contribution < 1.29 is 18.0 Å². The summed E-state index contributed by atoms with van der Waals surface area (Å²) in [7, 11) is -3.50. The SMILES string of the molecule is CCN(CC)S(=O)(=O)c1ccc(C(C)NC(=O)CNC(=O)CN)cc1.Cl. The van der Waals surface area contributed by atoms with Gasteiger partial charge in [0.15, 0.2) is 0 Å². The van der Waals surface area contributed by atoms with Crippen LogP contribution in [0.25, 0.3) is 0 Å². The molecule has 0 bridgehead atoms. The van der Waals surface area contributed by atoms with Gasteiger partial charge in [0, 0.05) is 13.1 Å². The number of benzene rings is 1. The van der Waals surface area contributed by atoms with Gasteiger partial charge in [0.25, 0.3) is 0 Å². The molecule has 4 N–H and O–H groups in total. The lowest BCUT2D eigenvalue weighted by atomic mass is 10.1. The molecule has 1 unspecified atom stereocenters. The van der Waals surface area contributed by atoms with Gasteiger partial charge in [-0.1, -0.05) is 26.0 Å². The highest BCUT2D eigenvalue weighted by Gasteiger charge is 2.21. The summed E-state index contributed by atoms with van der Waals surface area (Å²) in [5.41, 5.74) is 5.91. The van der Waals surface area contributed by atoms with Gasteiger partial charge in [-0.25, -0.2) is 8.42 Å². The van der Waals surface area contributed by atoms with Gasteiger partial charge >= 0.3 is 0 Å². The van der Waals surface area contributed by atoms with Crippen LogP contribution in [0.1, 0.15) is 32.4 Å². The van der Waals surface area contributed by atoms with Gasteiger partial charge < -0.3 is 16.4 Å². The number of rotatable bonds is 9. The number of nitrogens with zero attached hydrogens (tertiary/aromatic N) is 1. The Balaban J connectivity index is 0.00000625. The number of carbonyl (C=O) groups is 2. The monoisotopic (exact) mass is 406 g/mol. The van der Waals surface area contributed by atoms with Crippen LogP contribution < -0.4 is 16.4 Å². The molecule has 8 nitrogen and oxygen atoms in total. The predicted molar refractivity (Wildman–Crippen MR) is 102 cm³/mol. The van der Waals surface area contributed by atoms with E-state index in [-0.39, 0.29) is 42.3 Å². The zero-order chi connectivity index (χ0) is 19.0. The molecular formula is C16H27ClN4O4S. The maximum atomic E-state index is 12.4. The Kier molecular flexibility index (Phi) is 10.4. The summed E-state index contributed by atoms with van der Waals surface area (Å²) in [5.74, 6) is -0.761. The molecule has 1 aromatic carbocycles. The van der Waals surface area contributed by atoms with Gasteiger partial charge in [0.2, 0.25) is 21.8 Å². The van der Waals surface area contributed by atoms with E-state index in [1.165, 1.54) is 16.4 Å². The smallest absolute Gasteiger partial charge is 0.243 e. The van der Waals surface area contributed by atoms with Gasteiger partial charge in [0.1, 0.15) is 0 Å². The Labute approximate surface area is 161 Å². The minimum Gasteiger partial charge on any atom is -0.348 e. The lowest BCUT2D eigenvalue weighted by Crippen LogP contribution is -2.40. The molecule has 1 aromatic rings. The molecule has 0 aliphatic heterocycles. The van der Waals surface area contributed by atoms with Crippen molar-refractivity contribution in [1.29, 1.82) is 0 Å². The van der Waals surface area contributed by atoms with E-state index in [1.807, 2.05) is 0 Å². The van der Waals surface area contributed by atoms with Gasteiger partial charge in [0.05, 0.1) is 24.0 Å². The Morgan fingerprint density at radius 1 is 1.12 bits per heavy atom. The maximum absolute atomic E-state index is 12.4. The van der Waals surface area contributed by atoms with E-state index in [9.17, 15) is 18.0 Å². The first kappa shape index (κ1) is 24.3. The fourth-order valence-electron chi connectivity index (χ4n) is 2.27. The summed E-state index contributed by atoms with van der Waals surface area (Å²) in [6.45, 7) is 5.83. The molecule has 0 aliphatic rings. The van der Waals surface area contributed by atoms with Crippen molar-refractivity contribution >= 4 is 34.2 Å². The van der Waals surface area contributed by atoms with Crippen molar-refractivity contribution in [1.82, 2.24) is 14.9 Å². The van der Waals surface area contributed by atoms with Crippen molar-refractivity contribution in [2.45, 2.75) is 31.7 Å². The number of amides is 2. The molecule has 0 aromatic heterocycles. The van der Waals surface area contributed by atoms with Crippen molar-refractivity contribution in [3.05, 3.63) is 29.8 Å². The number of hydrogen-bond donors (Lipinski definition) is 3. The highest BCUT2D eigenvalue weighted by Crippen LogP contribution is 2.19. The molecule has 0 saturated carbocycles. The number of hydrogen-bond acceptors (Lipinski definition) is 5. The first-order chi connectivity index (χ1) is 11.8. The van der Waals surface area contributed by atoms with Crippen molar-refractivity contribution in [3.8, 4) is 0 Å². The molecule has 0 radical (unpaired) electrons. The molecule has 1 atom stereocenters. The Bertz CT molecular complexity index is 691. The number of nitrogens with one attached hydrogen (secondary N) is 2. The number of sulfonamides is 1. The van der Waals surface area contributed by atoms with Crippen LogP contribution in [-0.4, -0.2) is 50.7 Å². The van der Waals surface area contributed by atoms with E-state index in [0.29, 0.717) is 13.1 Å². The Hall–Kier alpha value is -1.68. The van der Waals surface area contributed by atoms with Crippen LogP contribution >= 0.6 is 12.4 Å². The molecule has 0 saturated heterocycles. The lowest BCUT2D eigenvalue weighted by Gasteiger charge is -2.19. The average Bonchev–Trinajstić information content (AvgIpc) is 2.60. The third kappa shape index (κ3) is 6.56. The van der Waals surface area contributed by atoms with Gasteiger partial charge in [-0.15, -0.1) is 12.4 Å². The highest BCUT2D eigenvalue weighted by atomic mass is 35.5. The molecule has 2 amide bonds. The molecular weight excluding hydrogens is 380 g/mol. The van der Waals surface area contributed by atoms with Crippen molar-refractivity contribution in [2.75, 3.05) is 26.2 Å². The Morgan fingerprint density at radius 3 is 2.12 bits per heavy atom. The second kappa shape index (κ2) is 11.1. The van der Waals surface area contributed by atoms with Crippen LogP contribution in [0.3, 0.4) is 0 Å². The van der Waals surface area contributed by atoms with E-state index in [0.717, 1.165) is 5.56 Å².